The molecule has 0 radical (unpaired) electrons. The highest BCUT2D eigenvalue weighted by Gasteiger charge is 2.09. The maximum Gasteiger partial charge on any atom is 0.189 e. The first-order valence-corrected chi connectivity index (χ1v) is 11.9. The van der Waals surface area contributed by atoms with E-state index in [-0.39, 0.29) is 0 Å². The average molecular weight is 451 g/mol. The number of aromatic nitrogens is 2. The second kappa shape index (κ2) is 8.15. The van der Waals surface area contributed by atoms with Gasteiger partial charge in [-0.2, -0.15) is 0 Å². The fraction of sp³-hybridized carbons (Fsp3) is 0. The quantitative estimate of drug-likeness (QED) is 0.269. The summed E-state index contributed by atoms with van der Waals surface area (Å²) in [4.78, 5) is 9.02. The number of anilines is 2. The minimum Gasteiger partial charge on any atom is -0.316 e. The van der Waals surface area contributed by atoms with Gasteiger partial charge in [-0.05, 0) is 45.9 Å². The summed E-state index contributed by atoms with van der Waals surface area (Å²) in [6.07, 6.45) is 0. The van der Waals surface area contributed by atoms with Crippen molar-refractivity contribution in [1.82, 2.24) is 9.97 Å². The Morgan fingerprint density at radius 3 is 1.58 bits per heavy atom. The average Bonchev–Trinajstić information content (AvgIpc) is 3.22. The Balaban J connectivity index is 1.31. The van der Waals surface area contributed by atoms with Gasteiger partial charge in [0.25, 0.3) is 0 Å². The lowest BCUT2D eigenvalue weighted by Gasteiger charge is -2.05. The largest absolute Gasteiger partial charge is 0.316 e. The van der Waals surface area contributed by atoms with E-state index in [0.29, 0.717) is 8.64 Å². The van der Waals surface area contributed by atoms with E-state index in [1.165, 1.54) is 21.6 Å². The molecule has 0 fully saturated rings. The summed E-state index contributed by atoms with van der Waals surface area (Å²) in [5, 5.41) is 7.88. The van der Waals surface area contributed by atoms with Crippen LogP contribution in [0.3, 0.4) is 0 Å². The molecule has 0 unspecified atom stereocenters. The first-order valence-electron chi connectivity index (χ1n) is 7.35. The highest BCUT2D eigenvalue weighted by atomic mass is 33.1. The molecule has 10 heteroatoms. The van der Waals surface area contributed by atoms with Crippen LogP contribution in [0, 0.1) is 0 Å². The summed E-state index contributed by atoms with van der Waals surface area (Å²) in [6, 6.07) is 16.0. The number of nitrogens with one attached hydrogen (secondary N) is 2. The number of nitrogens with zero attached hydrogens (tertiary/aromatic N) is 2. The second-order valence-electron chi connectivity index (χ2n) is 4.97. The normalized spacial score (nSPS) is 10.9. The number of rotatable bonds is 2. The SMILES string of the molecule is S=C(Nc1nc2ccccc2s1)SSC(=S)Nc1nc2ccccc2s1. The minimum absolute atomic E-state index is 0.613. The van der Waals surface area contributed by atoms with Crippen molar-refractivity contribution < 1.29 is 0 Å². The molecule has 2 heterocycles. The predicted molar refractivity (Wildman–Crippen MR) is 127 cm³/mol. The summed E-state index contributed by atoms with van der Waals surface area (Å²) in [7, 11) is 2.78. The van der Waals surface area contributed by atoms with E-state index in [1.54, 1.807) is 22.7 Å². The molecule has 4 aromatic rings. The van der Waals surface area contributed by atoms with Crippen LogP contribution in [0.4, 0.5) is 10.3 Å². The van der Waals surface area contributed by atoms with Crippen molar-refractivity contribution in [2.75, 3.05) is 10.6 Å². The Kier molecular flexibility index (Phi) is 5.67. The molecule has 0 aliphatic heterocycles. The third-order valence-corrected chi connectivity index (χ3v) is 8.28. The van der Waals surface area contributed by atoms with Crippen molar-refractivity contribution in [1.29, 1.82) is 0 Å². The zero-order valence-corrected chi connectivity index (χ0v) is 17.9. The van der Waals surface area contributed by atoms with Gasteiger partial charge in [-0.3, -0.25) is 0 Å². The summed E-state index contributed by atoms with van der Waals surface area (Å²) < 4.78 is 3.48. The van der Waals surface area contributed by atoms with Gasteiger partial charge in [0.05, 0.1) is 20.4 Å². The molecule has 0 aliphatic rings. The van der Waals surface area contributed by atoms with Crippen molar-refractivity contribution in [2.24, 2.45) is 0 Å². The van der Waals surface area contributed by atoms with Crippen molar-refractivity contribution in [2.45, 2.75) is 0 Å². The van der Waals surface area contributed by atoms with Gasteiger partial charge in [0.15, 0.2) is 18.9 Å². The molecule has 2 aromatic heterocycles. The van der Waals surface area contributed by atoms with Crippen LogP contribution >= 0.6 is 68.7 Å². The molecule has 0 amide bonds. The predicted octanol–water partition coefficient (Wildman–Crippen LogP) is 6.38. The summed E-state index contributed by atoms with van der Waals surface area (Å²) in [5.74, 6) is 0. The van der Waals surface area contributed by atoms with Crippen LogP contribution in [-0.4, -0.2) is 18.6 Å². The molecule has 130 valence electrons. The Bertz CT molecular complexity index is 948. The van der Waals surface area contributed by atoms with E-state index < -0.39 is 0 Å². The molecule has 0 spiro atoms. The van der Waals surface area contributed by atoms with Crippen molar-refractivity contribution in [3.8, 4) is 0 Å². The molecule has 0 saturated carbocycles. The third kappa shape index (κ3) is 4.33. The monoisotopic (exact) mass is 450 g/mol. The van der Waals surface area contributed by atoms with Crippen LogP contribution in [-0.2, 0) is 0 Å². The molecule has 2 N–H and O–H groups in total. The van der Waals surface area contributed by atoms with Crippen molar-refractivity contribution in [3.05, 3.63) is 48.5 Å². The molecular formula is C16H10N4S6. The van der Waals surface area contributed by atoms with Crippen molar-refractivity contribution >= 4 is 108 Å². The first-order chi connectivity index (χ1) is 12.7. The topological polar surface area (TPSA) is 49.8 Å². The number of para-hydroxylation sites is 2. The van der Waals surface area contributed by atoms with E-state index >= 15 is 0 Å². The van der Waals surface area contributed by atoms with Crippen LogP contribution in [0.5, 0.6) is 0 Å². The van der Waals surface area contributed by atoms with E-state index in [2.05, 4.69) is 20.6 Å². The summed E-state index contributed by atoms with van der Waals surface area (Å²) >= 11 is 13.9. The fourth-order valence-corrected chi connectivity index (χ4v) is 6.08. The fourth-order valence-electron chi connectivity index (χ4n) is 2.14. The van der Waals surface area contributed by atoms with Gasteiger partial charge in [-0.1, -0.05) is 71.4 Å². The molecule has 4 rings (SSSR count). The zero-order valence-electron chi connectivity index (χ0n) is 13.0. The van der Waals surface area contributed by atoms with E-state index in [4.69, 9.17) is 24.4 Å². The van der Waals surface area contributed by atoms with Gasteiger partial charge in [-0.25, -0.2) is 9.97 Å². The van der Waals surface area contributed by atoms with E-state index in [0.717, 1.165) is 30.7 Å². The molecule has 0 aliphatic carbocycles. The number of fused-ring (bicyclic) bond motifs is 2. The zero-order chi connectivity index (χ0) is 17.9. The minimum atomic E-state index is 0.613. The van der Waals surface area contributed by atoms with Crippen LogP contribution < -0.4 is 10.6 Å². The summed E-state index contributed by atoms with van der Waals surface area (Å²) in [5.41, 5.74) is 1.93. The van der Waals surface area contributed by atoms with Gasteiger partial charge in [0.1, 0.15) is 0 Å². The standard InChI is InChI=1S/C16H10N4S6/c21-15(19-13-17-9-5-1-3-7-11(9)23-13)25-26-16(22)20-14-18-10-6-2-4-8-12(10)24-14/h1-8H,(H,17,19,21)(H,18,20,22). The maximum atomic E-state index is 5.37. The van der Waals surface area contributed by atoms with Crippen LogP contribution in [0.2, 0.25) is 0 Å². The molecule has 26 heavy (non-hydrogen) atoms. The molecule has 0 bridgehead atoms. The molecule has 2 aromatic carbocycles. The lowest BCUT2D eigenvalue weighted by molar-refractivity contribution is 1.48. The molecule has 0 atom stereocenters. The van der Waals surface area contributed by atoms with Gasteiger partial charge in [-0.15, -0.1) is 0 Å². The van der Waals surface area contributed by atoms with Gasteiger partial charge in [0, 0.05) is 0 Å². The van der Waals surface area contributed by atoms with Gasteiger partial charge in [0.2, 0.25) is 0 Å². The Morgan fingerprint density at radius 2 is 1.15 bits per heavy atom. The Hall–Kier alpha value is -1.30. The number of thiocarbonyl (C=S) groups is 2. The van der Waals surface area contributed by atoms with E-state index in [1.807, 2.05) is 48.5 Å². The third-order valence-electron chi connectivity index (χ3n) is 3.20. The Labute approximate surface area is 176 Å². The lowest BCUT2D eigenvalue weighted by atomic mass is 10.3. The highest BCUT2D eigenvalue weighted by molar-refractivity contribution is 8.89. The van der Waals surface area contributed by atoms with Crippen LogP contribution in [0.1, 0.15) is 0 Å². The summed E-state index contributed by atoms with van der Waals surface area (Å²) in [6.45, 7) is 0. The number of thiazole rings is 2. The van der Waals surface area contributed by atoms with Crippen LogP contribution in [0.15, 0.2) is 48.5 Å². The number of hydrogen-bond acceptors (Lipinski definition) is 8. The van der Waals surface area contributed by atoms with E-state index in [9.17, 15) is 0 Å². The first kappa shape index (κ1) is 18.1. The van der Waals surface area contributed by atoms with Gasteiger partial charge >= 0.3 is 0 Å². The molecule has 0 saturated heterocycles. The van der Waals surface area contributed by atoms with Gasteiger partial charge < -0.3 is 10.6 Å². The smallest absolute Gasteiger partial charge is 0.189 e. The maximum absolute atomic E-state index is 5.37. The second-order valence-corrected chi connectivity index (χ2v) is 10.5. The lowest BCUT2D eigenvalue weighted by Crippen LogP contribution is -2.06. The molecular weight excluding hydrogens is 441 g/mol. The van der Waals surface area contributed by atoms with Crippen molar-refractivity contribution in [3.63, 3.8) is 0 Å². The number of hydrogen-bond donors (Lipinski definition) is 2. The number of benzene rings is 2. The highest BCUT2D eigenvalue weighted by Crippen LogP contribution is 2.31. The molecule has 4 nitrogen and oxygen atoms in total. The van der Waals surface area contributed by atoms with Crippen LogP contribution in [0.25, 0.3) is 20.4 Å². The Morgan fingerprint density at radius 1 is 0.731 bits per heavy atom.